The first-order valence-corrected chi connectivity index (χ1v) is 9.66. The van der Waals surface area contributed by atoms with Gasteiger partial charge in [0.05, 0.1) is 30.8 Å². The molecule has 7 nitrogen and oxygen atoms in total. The molecule has 0 aliphatic rings. The molecule has 0 radical (unpaired) electrons. The zero-order valence-electron chi connectivity index (χ0n) is 16.8. The van der Waals surface area contributed by atoms with Gasteiger partial charge in [-0.05, 0) is 56.4 Å². The van der Waals surface area contributed by atoms with Crippen molar-refractivity contribution < 1.29 is 14.3 Å². The van der Waals surface area contributed by atoms with E-state index in [0.29, 0.717) is 46.7 Å². The first-order chi connectivity index (χ1) is 13.9. The van der Waals surface area contributed by atoms with Crippen molar-refractivity contribution in [3.63, 3.8) is 0 Å². The van der Waals surface area contributed by atoms with Crippen LogP contribution in [0.15, 0.2) is 41.2 Å². The standard InChI is InChI=1S/C21H23N3O4S/c1-5-23(6-2)19(25)13-7-9-15-16(11-13)22-21(29)24(20(15)26)17-12-14(27-3)8-10-18(17)28-4/h7-12H,5-6H2,1-4H3,(H,22,29). The number of hydrogen-bond acceptors (Lipinski definition) is 5. The number of fused-ring (bicyclic) bond motifs is 1. The highest BCUT2D eigenvalue weighted by atomic mass is 32.1. The van der Waals surface area contributed by atoms with E-state index in [1.165, 1.54) is 11.7 Å². The van der Waals surface area contributed by atoms with Crippen LogP contribution < -0.4 is 15.0 Å². The Morgan fingerprint density at radius 3 is 2.45 bits per heavy atom. The quantitative estimate of drug-likeness (QED) is 0.626. The lowest BCUT2D eigenvalue weighted by molar-refractivity contribution is 0.0773. The van der Waals surface area contributed by atoms with Crippen molar-refractivity contribution in [2.45, 2.75) is 13.8 Å². The molecule has 29 heavy (non-hydrogen) atoms. The number of ether oxygens (including phenoxy) is 2. The maximum absolute atomic E-state index is 13.2. The van der Waals surface area contributed by atoms with E-state index in [9.17, 15) is 9.59 Å². The lowest BCUT2D eigenvalue weighted by Gasteiger charge is -2.19. The smallest absolute Gasteiger partial charge is 0.266 e. The molecule has 2 aromatic carbocycles. The Morgan fingerprint density at radius 2 is 1.83 bits per heavy atom. The number of benzene rings is 2. The minimum atomic E-state index is -0.308. The molecular weight excluding hydrogens is 390 g/mol. The molecule has 0 fully saturated rings. The van der Waals surface area contributed by atoms with Gasteiger partial charge in [0, 0.05) is 24.7 Å². The zero-order valence-corrected chi connectivity index (χ0v) is 17.6. The van der Waals surface area contributed by atoms with Crippen LogP contribution in [-0.2, 0) is 0 Å². The molecule has 0 saturated carbocycles. The number of hydrogen-bond donors (Lipinski definition) is 1. The average molecular weight is 413 g/mol. The third kappa shape index (κ3) is 3.75. The van der Waals surface area contributed by atoms with Gasteiger partial charge in [-0.3, -0.25) is 9.59 Å². The SMILES string of the molecule is CCN(CC)C(=O)c1ccc2c(=O)n(-c3cc(OC)ccc3OC)c(=S)[nH]c2c1. The summed E-state index contributed by atoms with van der Waals surface area (Å²) in [5.41, 5.74) is 1.18. The summed E-state index contributed by atoms with van der Waals surface area (Å²) in [5.74, 6) is 0.970. The fourth-order valence-electron chi connectivity index (χ4n) is 3.23. The van der Waals surface area contributed by atoms with E-state index in [-0.39, 0.29) is 16.2 Å². The van der Waals surface area contributed by atoms with E-state index >= 15 is 0 Å². The number of carbonyl (C=O) groups is 1. The number of nitrogens with zero attached hydrogens (tertiary/aromatic N) is 2. The fraction of sp³-hybridized carbons (Fsp3) is 0.286. The van der Waals surface area contributed by atoms with Crippen molar-refractivity contribution in [3.8, 4) is 17.2 Å². The van der Waals surface area contributed by atoms with Gasteiger partial charge in [-0.15, -0.1) is 0 Å². The second-order valence-electron chi connectivity index (χ2n) is 6.35. The monoisotopic (exact) mass is 413 g/mol. The van der Waals surface area contributed by atoms with E-state index in [4.69, 9.17) is 21.7 Å². The fourth-order valence-corrected chi connectivity index (χ4v) is 3.53. The Labute approximate surface area is 173 Å². The first kappa shape index (κ1) is 20.6. The van der Waals surface area contributed by atoms with Crippen molar-refractivity contribution >= 4 is 29.0 Å². The lowest BCUT2D eigenvalue weighted by atomic mass is 10.1. The summed E-state index contributed by atoms with van der Waals surface area (Å²) in [4.78, 5) is 30.7. The van der Waals surface area contributed by atoms with Crippen LogP contribution in [-0.4, -0.2) is 47.7 Å². The van der Waals surface area contributed by atoms with Gasteiger partial charge in [-0.25, -0.2) is 4.57 Å². The second-order valence-corrected chi connectivity index (χ2v) is 6.73. The molecule has 1 amide bonds. The van der Waals surface area contributed by atoms with E-state index in [0.717, 1.165) is 0 Å². The Balaban J connectivity index is 2.21. The predicted molar refractivity (Wildman–Crippen MR) is 115 cm³/mol. The molecule has 3 rings (SSSR count). The normalized spacial score (nSPS) is 10.8. The molecule has 3 aromatic rings. The number of nitrogens with one attached hydrogen (secondary N) is 1. The average Bonchev–Trinajstić information content (AvgIpc) is 2.73. The summed E-state index contributed by atoms with van der Waals surface area (Å²) in [6.07, 6.45) is 0. The molecule has 152 valence electrons. The lowest BCUT2D eigenvalue weighted by Crippen LogP contribution is -2.30. The van der Waals surface area contributed by atoms with Crippen LogP contribution in [0.4, 0.5) is 0 Å². The molecule has 0 atom stereocenters. The van der Waals surface area contributed by atoms with Crippen molar-refractivity contribution in [2.75, 3.05) is 27.3 Å². The van der Waals surface area contributed by atoms with Gasteiger partial charge in [0.1, 0.15) is 11.5 Å². The van der Waals surface area contributed by atoms with Gasteiger partial charge in [0.25, 0.3) is 11.5 Å². The minimum Gasteiger partial charge on any atom is -0.497 e. The molecule has 0 aliphatic heterocycles. The highest BCUT2D eigenvalue weighted by molar-refractivity contribution is 7.71. The second kappa shape index (κ2) is 8.48. The molecule has 0 bridgehead atoms. The van der Waals surface area contributed by atoms with Crippen LogP contribution in [0.1, 0.15) is 24.2 Å². The summed E-state index contributed by atoms with van der Waals surface area (Å²) in [6, 6.07) is 10.1. The molecule has 0 unspecified atom stereocenters. The Morgan fingerprint density at radius 1 is 1.10 bits per heavy atom. The molecule has 8 heteroatoms. The molecule has 1 aromatic heterocycles. The first-order valence-electron chi connectivity index (χ1n) is 9.25. The Bertz CT molecular complexity index is 1180. The van der Waals surface area contributed by atoms with Crippen molar-refractivity contribution in [2.24, 2.45) is 0 Å². The maximum atomic E-state index is 13.2. The van der Waals surface area contributed by atoms with Crippen molar-refractivity contribution in [1.82, 2.24) is 14.5 Å². The van der Waals surface area contributed by atoms with Crippen LogP contribution in [0.2, 0.25) is 0 Å². The molecule has 0 spiro atoms. The van der Waals surface area contributed by atoms with Gasteiger partial charge in [-0.1, -0.05) is 0 Å². The summed E-state index contributed by atoms with van der Waals surface area (Å²) < 4.78 is 12.2. The summed E-state index contributed by atoms with van der Waals surface area (Å²) in [5, 5.41) is 0.416. The largest absolute Gasteiger partial charge is 0.497 e. The van der Waals surface area contributed by atoms with Crippen molar-refractivity contribution in [3.05, 3.63) is 57.1 Å². The number of methoxy groups -OCH3 is 2. The molecule has 1 N–H and O–H groups in total. The van der Waals surface area contributed by atoms with Gasteiger partial charge >= 0.3 is 0 Å². The van der Waals surface area contributed by atoms with Gasteiger partial charge < -0.3 is 19.4 Å². The van der Waals surface area contributed by atoms with Gasteiger partial charge in [-0.2, -0.15) is 0 Å². The van der Waals surface area contributed by atoms with E-state index < -0.39 is 0 Å². The summed E-state index contributed by atoms with van der Waals surface area (Å²) in [6.45, 7) is 5.08. The highest BCUT2D eigenvalue weighted by Gasteiger charge is 2.16. The molecule has 1 heterocycles. The third-order valence-corrected chi connectivity index (χ3v) is 5.11. The number of H-pyrrole nitrogens is 1. The van der Waals surface area contributed by atoms with E-state index in [1.54, 1.807) is 48.4 Å². The third-order valence-electron chi connectivity index (χ3n) is 4.82. The van der Waals surface area contributed by atoms with Crippen LogP contribution in [0, 0.1) is 4.77 Å². The Kier molecular flexibility index (Phi) is 6.03. The number of aromatic amines is 1. The van der Waals surface area contributed by atoms with Crippen LogP contribution in [0.5, 0.6) is 11.5 Å². The molecule has 0 aliphatic carbocycles. The van der Waals surface area contributed by atoms with Crippen LogP contribution in [0.25, 0.3) is 16.6 Å². The predicted octanol–water partition coefficient (Wildman–Crippen LogP) is 3.55. The number of rotatable bonds is 6. The van der Waals surface area contributed by atoms with Crippen LogP contribution in [0.3, 0.4) is 0 Å². The molecule has 0 saturated heterocycles. The zero-order chi connectivity index (χ0) is 21.1. The topological polar surface area (TPSA) is 76.6 Å². The van der Waals surface area contributed by atoms with Crippen molar-refractivity contribution in [1.29, 1.82) is 0 Å². The van der Waals surface area contributed by atoms with Gasteiger partial charge in [0.15, 0.2) is 4.77 Å². The minimum absolute atomic E-state index is 0.0881. The molecular formula is C21H23N3O4S. The van der Waals surface area contributed by atoms with E-state index in [2.05, 4.69) is 4.98 Å². The van der Waals surface area contributed by atoms with Crippen LogP contribution >= 0.6 is 12.2 Å². The number of amides is 1. The van der Waals surface area contributed by atoms with Gasteiger partial charge in [0.2, 0.25) is 0 Å². The number of carbonyl (C=O) groups excluding carboxylic acids is 1. The highest BCUT2D eigenvalue weighted by Crippen LogP contribution is 2.27. The Hall–Kier alpha value is -3.13. The number of aromatic nitrogens is 2. The summed E-state index contributed by atoms with van der Waals surface area (Å²) in [7, 11) is 3.07. The maximum Gasteiger partial charge on any atom is 0.266 e. The van der Waals surface area contributed by atoms with E-state index in [1.807, 2.05) is 13.8 Å². The summed E-state index contributed by atoms with van der Waals surface area (Å²) >= 11 is 5.46.